The third-order valence-corrected chi connectivity index (χ3v) is 4.16. The van der Waals surface area contributed by atoms with E-state index in [1.807, 2.05) is 0 Å². The first-order chi connectivity index (χ1) is 8.62. The normalized spacial score (nSPS) is 21.7. The Labute approximate surface area is 107 Å². The van der Waals surface area contributed by atoms with Gasteiger partial charge in [0.05, 0.1) is 5.41 Å². The predicted molar refractivity (Wildman–Crippen MR) is 68.1 cm³/mol. The molecule has 0 spiro atoms. The van der Waals surface area contributed by atoms with E-state index in [1.54, 1.807) is 0 Å². The minimum Gasteiger partial charge on any atom is -0.481 e. The van der Waals surface area contributed by atoms with Gasteiger partial charge in [0, 0.05) is 13.0 Å². The molecule has 4 heteroatoms. The van der Waals surface area contributed by atoms with E-state index in [2.05, 4.69) is 11.4 Å². The van der Waals surface area contributed by atoms with Crippen LogP contribution in [0, 0.1) is 5.41 Å². The monoisotopic (exact) mass is 251 g/mol. The second kappa shape index (κ2) is 5.55. The molecule has 0 heterocycles. The van der Waals surface area contributed by atoms with Crippen molar-refractivity contribution >= 4 is 11.9 Å². The second-order valence-corrected chi connectivity index (χ2v) is 5.50. The molecule has 0 aromatic carbocycles. The van der Waals surface area contributed by atoms with Crippen molar-refractivity contribution in [2.24, 2.45) is 5.41 Å². The number of carboxylic acid groups (broad SMARTS) is 1. The summed E-state index contributed by atoms with van der Waals surface area (Å²) in [5.74, 6) is -0.804. The fourth-order valence-corrected chi connectivity index (χ4v) is 2.67. The third kappa shape index (κ3) is 2.92. The molecular formula is C14H21NO3. The average Bonchev–Trinajstić information content (AvgIpc) is 2.28. The maximum Gasteiger partial charge on any atom is 0.311 e. The Morgan fingerprint density at radius 1 is 1.28 bits per heavy atom. The molecule has 0 aromatic heterocycles. The molecule has 2 aliphatic rings. The molecule has 4 nitrogen and oxygen atoms in total. The number of hydrogen-bond acceptors (Lipinski definition) is 2. The van der Waals surface area contributed by atoms with Gasteiger partial charge in [0.2, 0.25) is 5.91 Å². The first-order valence-electron chi connectivity index (χ1n) is 6.80. The molecule has 18 heavy (non-hydrogen) atoms. The van der Waals surface area contributed by atoms with Gasteiger partial charge >= 0.3 is 5.97 Å². The Morgan fingerprint density at radius 2 is 2.06 bits per heavy atom. The Kier molecular flexibility index (Phi) is 4.04. The van der Waals surface area contributed by atoms with Crippen molar-refractivity contribution in [1.29, 1.82) is 0 Å². The highest BCUT2D eigenvalue weighted by atomic mass is 16.4. The lowest BCUT2D eigenvalue weighted by atomic mass is 9.69. The van der Waals surface area contributed by atoms with Crippen LogP contribution in [0.4, 0.5) is 0 Å². The summed E-state index contributed by atoms with van der Waals surface area (Å²) < 4.78 is 0. The zero-order valence-corrected chi connectivity index (χ0v) is 10.7. The number of carboxylic acids is 1. The first-order valence-corrected chi connectivity index (χ1v) is 6.80. The molecule has 1 amide bonds. The van der Waals surface area contributed by atoms with Gasteiger partial charge in [0.1, 0.15) is 0 Å². The summed E-state index contributed by atoms with van der Waals surface area (Å²) in [4.78, 5) is 22.9. The summed E-state index contributed by atoms with van der Waals surface area (Å²) in [5.41, 5.74) is 0.521. The number of carbonyl (C=O) groups excluding carboxylic acids is 1. The number of aliphatic carboxylic acids is 1. The van der Waals surface area contributed by atoms with Gasteiger partial charge in [-0.15, -0.1) is 0 Å². The molecule has 2 aliphatic carbocycles. The van der Waals surface area contributed by atoms with Gasteiger partial charge < -0.3 is 10.4 Å². The van der Waals surface area contributed by atoms with Gasteiger partial charge in [-0.05, 0) is 38.5 Å². The van der Waals surface area contributed by atoms with Crippen LogP contribution in [0.5, 0.6) is 0 Å². The van der Waals surface area contributed by atoms with E-state index < -0.39 is 11.4 Å². The van der Waals surface area contributed by atoms with E-state index in [4.69, 9.17) is 5.11 Å². The number of rotatable bonds is 5. The molecule has 1 saturated carbocycles. The maximum atomic E-state index is 11.8. The molecule has 0 atom stereocenters. The lowest BCUT2D eigenvalue weighted by Gasteiger charge is -2.37. The van der Waals surface area contributed by atoms with Gasteiger partial charge in [0.25, 0.3) is 0 Å². The van der Waals surface area contributed by atoms with E-state index >= 15 is 0 Å². The number of amides is 1. The Morgan fingerprint density at radius 3 is 2.56 bits per heavy atom. The van der Waals surface area contributed by atoms with Crippen molar-refractivity contribution in [3.8, 4) is 0 Å². The van der Waals surface area contributed by atoms with E-state index in [0.717, 1.165) is 25.7 Å². The van der Waals surface area contributed by atoms with Crippen molar-refractivity contribution in [2.45, 2.75) is 51.4 Å². The van der Waals surface area contributed by atoms with Gasteiger partial charge in [-0.1, -0.05) is 18.1 Å². The minimum absolute atomic E-state index is 0.0318. The largest absolute Gasteiger partial charge is 0.481 e. The van der Waals surface area contributed by atoms with Crippen LogP contribution in [0.1, 0.15) is 51.4 Å². The molecule has 100 valence electrons. The molecule has 0 unspecified atom stereocenters. The van der Waals surface area contributed by atoms with Crippen molar-refractivity contribution in [2.75, 3.05) is 6.54 Å². The summed E-state index contributed by atoms with van der Waals surface area (Å²) in [7, 11) is 0. The van der Waals surface area contributed by atoms with Crippen LogP contribution >= 0.6 is 0 Å². The molecule has 0 aromatic rings. The van der Waals surface area contributed by atoms with Crippen LogP contribution in [0.2, 0.25) is 0 Å². The van der Waals surface area contributed by atoms with Gasteiger partial charge in [-0.25, -0.2) is 0 Å². The summed E-state index contributed by atoms with van der Waals surface area (Å²) in [6.07, 6.45) is 9.38. The topological polar surface area (TPSA) is 66.4 Å². The molecule has 2 N–H and O–H groups in total. The Bertz CT molecular complexity index is 369. The molecule has 0 aliphatic heterocycles. The van der Waals surface area contributed by atoms with Crippen LogP contribution in [0.3, 0.4) is 0 Å². The van der Waals surface area contributed by atoms with E-state index in [1.165, 1.54) is 12.0 Å². The highest BCUT2D eigenvalue weighted by molar-refractivity contribution is 5.81. The summed E-state index contributed by atoms with van der Waals surface area (Å²) >= 11 is 0. The SMILES string of the molecule is O=C(CC1=CCCCC1)NCC1(C(=O)O)CCC1. The van der Waals surface area contributed by atoms with Crippen molar-refractivity contribution in [1.82, 2.24) is 5.32 Å². The van der Waals surface area contributed by atoms with Crippen LogP contribution < -0.4 is 5.32 Å². The van der Waals surface area contributed by atoms with Crippen LogP contribution in [0.15, 0.2) is 11.6 Å². The Hall–Kier alpha value is -1.32. The predicted octanol–water partition coefficient (Wildman–Crippen LogP) is 2.25. The van der Waals surface area contributed by atoms with Crippen LogP contribution in [-0.4, -0.2) is 23.5 Å². The molecule has 0 radical (unpaired) electrons. The van der Waals surface area contributed by atoms with E-state index in [9.17, 15) is 9.59 Å². The van der Waals surface area contributed by atoms with Gasteiger partial charge in [-0.2, -0.15) is 0 Å². The molecule has 0 saturated heterocycles. The summed E-state index contributed by atoms with van der Waals surface area (Å²) in [6, 6.07) is 0. The summed E-state index contributed by atoms with van der Waals surface area (Å²) in [5, 5.41) is 11.9. The molecule has 2 rings (SSSR count). The van der Waals surface area contributed by atoms with Crippen LogP contribution in [0.25, 0.3) is 0 Å². The third-order valence-electron chi connectivity index (χ3n) is 4.16. The zero-order valence-electron chi connectivity index (χ0n) is 10.7. The standard InChI is InChI=1S/C14H21NO3/c16-12(9-11-5-2-1-3-6-11)15-10-14(13(17)18)7-4-8-14/h5H,1-4,6-10H2,(H,15,16)(H,17,18). The number of nitrogens with one attached hydrogen (secondary N) is 1. The smallest absolute Gasteiger partial charge is 0.311 e. The fraction of sp³-hybridized carbons (Fsp3) is 0.714. The number of hydrogen-bond donors (Lipinski definition) is 2. The number of allylic oxidation sites excluding steroid dienone is 1. The van der Waals surface area contributed by atoms with Gasteiger partial charge in [0.15, 0.2) is 0 Å². The second-order valence-electron chi connectivity index (χ2n) is 5.50. The maximum absolute atomic E-state index is 11.8. The zero-order chi connectivity index (χ0) is 13.0. The average molecular weight is 251 g/mol. The highest BCUT2D eigenvalue weighted by Crippen LogP contribution is 2.40. The van der Waals surface area contributed by atoms with Crippen molar-refractivity contribution in [3.05, 3.63) is 11.6 Å². The Balaban J connectivity index is 1.77. The van der Waals surface area contributed by atoms with Crippen molar-refractivity contribution in [3.63, 3.8) is 0 Å². The highest BCUT2D eigenvalue weighted by Gasteiger charge is 2.44. The fourth-order valence-electron chi connectivity index (χ4n) is 2.67. The van der Waals surface area contributed by atoms with E-state index in [-0.39, 0.29) is 12.5 Å². The number of carbonyl (C=O) groups is 2. The van der Waals surface area contributed by atoms with E-state index in [0.29, 0.717) is 19.3 Å². The molecule has 1 fully saturated rings. The lowest BCUT2D eigenvalue weighted by Crippen LogP contribution is -2.47. The molecule has 0 bridgehead atoms. The van der Waals surface area contributed by atoms with Crippen LogP contribution in [-0.2, 0) is 9.59 Å². The quantitative estimate of drug-likeness (QED) is 0.736. The lowest BCUT2D eigenvalue weighted by molar-refractivity contribution is -0.154. The van der Waals surface area contributed by atoms with Gasteiger partial charge in [-0.3, -0.25) is 9.59 Å². The first kappa shape index (κ1) is 13.1. The summed E-state index contributed by atoms with van der Waals surface area (Å²) in [6.45, 7) is 0.286. The van der Waals surface area contributed by atoms with Crippen molar-refractivity contribution < 1.29 is 14.7 Å². The molecular weight excluding hydrogens is 230 g/mol. The minimum atomic E-state index is -0.772.